The number of Topliss-reactive ketones (excluding diaryl/α,β-unsaturated/α-hetero) is 1. The van der Waals surface area contributed by atoms with E-state index >= 15 is 0 Å². The van der Waals surface area contributed by atoms with E-state index in [0.717, 1.165) is 5.56 Å². The second-order valence-electron chi connectivity index (χ2n) is 2.59. The molecule has 12 heavy (non-hydrogen) atoms. The van der Waals surface area contributed by atoms with E-state index in [9.17, 15) is 4.79 Å². The normalized spacial score (nSPS) is 9.00. The molecule has 0 aliphatic carbocycles. The molecule has 0 aliphatic heterocycles. The van der Waals surface area contributed by atoms with Crippen LogP contribution in [0.15, 0.2) is 24.3 Å². The Hall–Kier alpha value is -1.62. The lowest BCUT2D eigenvalue weighted by atomic mass is 10.1. The number of carbonyl (C=O) groups excluding carboxylic acids is 1. The molecule has 1 aromatic carbocycles. The van der Waals surface area contributed by atoms with E-state index in [2.05, 4.69) is 0 Å². The van der Waals surface area contributed by atoms with Gasteiger partial charge in [0.05, 0.1) is 12.5 Å². The first-order valence-electron chi connectivity index (χ1n) is 3.71. The Morgan fingerprint density at radius 1 is 1.58 bits per heavy atom. The molecule has 1 rings (SSSR count). The monoisotopic (exact) mass is 159 g/mol. The van der Waals surface area contributed by atoms with Crippen LogP contribution in [0.2, 0.25) is 0 Å². The fourth-order valence-electron chi connectivity index (χ4n) is 0.992. The second-order valence-corrected chi connectivity index (χ2v) is 2.59. The summed E-state index contributed by atoms with van der Waals surface area (Å²) in [6, 6.07) is 9.19. The molecule has 0 bridgehead atoms. The Balaban J connectivity index is 2.97. The minimum Gasteiger partial charge on any atom is -0.295 e. The minimum atomic E-state index is 0.0368. The SMILES string of the molecule is CC(=O)c1cccc(CC#N)c1. The third-order valence-electron chi connectivity index (χ3n) is 1.62. The number of carbonyl (C=O) groups is 1. The van der Waals surface area contributed by atoms with Crippen molar-refractivity contribution in [1.82, 2.24) is 0 Å². The van der Waals surface area contributed by atoms with E-state index in [1.54, 1.807) is 18.2 Å². The summed E-state index contributed by atoms with van der Waals surface area (Å²) in [5, 5.41) is 8.41. The van der Waals surface area contributed by atoms with Crippen molar-refractivity contribution in [1.29, 1.82) is 5.26 Å². The van der Waals surface area contributed by atoms with Crippen LogP contribution < -0.4 is 0 Å². The molecule has 0 unspecified atom stereocenters. The predicted octanol–water partition coefficient (Wildman–Crippen LogP) is 1.96. The zero-order valence-electron chi connectivity index (χ0n) is 6.87. The molecule has 0 fully saturated rings. The van der Waals surface area contributed by atoms with Gasteiger partial charge in [-0.15, -0.1) is 0 Å². The molecule has 0 radical (unpaired) electrons. The average Bonchev–Trinajstić information content (AvgIpc) is 2.05. The number of ketones is 1. The largest absolute Gasteiger partial charge is 0.295 e. The minimum absolute atomic E-state index is 0.0368. The van der Waals surface area contributed by atoms with Crippen LogP contribution in [0.5, 0.6) is 0 Å². The quantitative estimate of drug-likeness (QED) is 0.619. The topological polar surface area (TPSA) is 40.9 Å². The van der Waals surface area contributed by atoms with Crippen LogP contribution >= 0.6 is 0 Å². The summed E-state index contributed by atoms with van der Waals surface area (Å²) in [5.41, 5.74) is 1.56. The van der Waals surface area contributed by atoms with Crippen molar-refractivity contribution < 1.29 is 4.79 Å². The number of hydrogen-bond donors (Lipinski definition) is 0. The maximum absolute atomic E-state index is 10.9. The van der Waals surface area contributed by atoms with Crippen LogP contribution in [0.25, 0.3) is 0 Å². The highest BCUT2D eigenvalue weighted by Crippen LogP contribution is 2.05. The first-order chi connectivity index (χ1) is 5.74. The van der Waals surface area contributed by atoms with Crippen LogP contribution in [0.1, 0.15) is 22.8 Å². The Labute approximate surface area is 71.4 Å². The lowest BCUT2D eigenvalue weighted by Crippen LogP contribution is -1.92. The van der Waals surface area contributed by atoms with Gasteiger partial charge in [0.1, 0.15) is 0 Å². The van der Waals surface area contributed by atoms with Crippen molar-refractivity contribution >= 4 is 5.78 Å². The molecular formula is C10H9NO. The fourth-order valence-corrected chi connectivity index (χ4v) is 0.992. The van der Waals surface area contributed by atoms with Gasteiger partial charge in [0.15, 0.2) is 5.78 Å². The van der Waals surface area contributed by atoms with Crippen LogP contribution in [0.4, 0.5) is 0 Å². The van der Waals surface area contributed by atoms with Crippen molar-refractivity contribution in [3.05, 3.63) is 35.4 Å². The van der Waals surface area contributed by atoms with Crippen LogP contribution in [-0.2, 0) is 6.42 Å². The van der Waals surface area contributed by atoms with Crippen molar-refractivity contribution in [3.63, 3.8) is 0 Å². The third kappa shape index (κ3) is 1.93. The summed E-state index contributed by atoms with van der Waals surface area (Å²) < 4.78 is 0. The Kier molecular flexibility index (Phi) is 2.60. The summed E-state index contributed by atoms with van der Waals surface area (Å²) in [7, 11) is 0. The van der Waals surface area contributed by atoms with E-state index in [1.165, 1.54) is 6.92 Å². The van der Waals surface area contributed by atoms with Crippen molar-refractivity contribution in [3.8, 4) is 6.07 Å². The number of nitriles is 1. The molecule has 0 heterocycles. The summed E-state index contributed by atoms with van der Waals surface area (Å²) in [4.78, 5) is 10.9. The molecule has 0 spiro atoms. The van der Waals surface area contributed by atoms with E-state index < -0.39 is 0 Å². The number of rotatable bonds is 2. The lowest BCUT2D eigenvalue weighted by molar-refractivity contribution is 0.101. The van der Waals surface area contributed by atoms with Gasteiger partial charge >= 0.3 is 0 Å². The van der Waals surface area contributed by atoms with E-state index in [0.29, 0.717) is 12.0 Å². The summed E-state index contributed by atoms with van der Waals surface area (Å²) in [6.07, 6.45) is 0.362. The van der Waals surface area contributed by atoms with Crippen molar-refractivity contribution in [2.24, 2.45) is 0 Å². The van der Waals surface area contributed by atoms with Crippen LogP contribution in [-0.4, -0.2) is 5.78 Å². The summed E-state index contributed by atoms with van der Waals surface area (Å²) in [5.74, 6) is 0.0368. The van der Waals surface area contributed by atoms with Crippen LogP contribution in [0.3, 0.4) is 0 Å². The molecule has 0 aliphatic rings. The molecule has 0 atom stereocenters. The van der Waals surface area contributed by atoms with Gasteiger partial charge in [0.25, 0.3) is 0 Å². The molecule has 0 amide bonds. The molecule has 0 N–H and O–H groups in total. The Morgan fingerprint density at radius 3 is 2.92 bits per heavy atom. The maximum atomic E-state index is 10.9. The van der Waals surface area contributed by atoms with Crippen molar-refractivity contribution in [2.75, 3.05) is 0 Å². The molecule has 0 aromatic heterocycles. The van der Waals surface area contributed by atoms with Gasteiger partial charge in [-0.05, 0) is 18.6 Å². The molecule has 2 heteroatoms. The third-order valence-corrected chi connectivity index (χ3v) is 1.62. The van der Waals surface area contributed by atoms with E-state index in [-0.39, 0.29) is 5.78 Å². The highest BCUT2D eigenvalue weighted by Gasteiger charge is 1.98. The zero-order chi connectivity index (χ0) is 8.97. The van der Waals surface area contributed by atoms with Gasteiger partial charge in [-0.2, -0.15) is 5.26 Å². The van der Waals surface area contributed by atoms with Gasteiger partial charge in [-0.25, -0.2) is 0 Å². The fraction of sp³-hybridized carbons (Fsp3) is 0.200. The average molecular weight is 159 g/mol. The first-order valence-corrected chi connectivity index (χ1v) is 3.71. The van der Waals surface area contributed by atoms with Gasteiger partial charge in [-0.1, -0.05) is 18.2 Å². The van der Waals surface area contributed by atoms with Crippen LogP contribution in [0, 0.1) is 11.3 Å². The smallest absolute Gasteiger partial charge is 0.159 e. The molecular weight excluding hydrogens is 150 g/mol. The zero-order valence-corrected chi connectivity index (χ0v) is 6.87. The van der Waals surface area contributed by atoms with Gasteiger partial charge < -0.3 is 0 Å². The first kappa shape index (κ1) is 8.48. The van der Waals surface area contributed by atoms with E-state index in [4.69, 9.17) is 5.26 Å². The van der Waals surface area contributed by atoms with Crippen molar-refractivity contribution in [2.45, 2.75) is 13.3 Å². The van der Waals surface area contributed by atoms with Gasteiger partial charge in [0, 0.05) is 5.56 Å². The number of benzene rings is 1. The molecule has 0 saturated carbocycles. The number of nitrogens with zero attached hydrogens (tertiary/aromatic N) is 1. The molecule has 60 valence electrons. The lowest BCUT2D eigenvalue weighted by Gasteiger charge is -1.97. The van der Waals surface area contributed by atoms with Gasteiger partial charge in [0.2, 0.25) is 0 Å². The highest BCUT2D eigenvalue weighted by molar-refractivity contribution is 5.94. The molecule has 0 saturated heterocycles. The second kappa shape index (κ2) is 3.68. The predicted molar refractivity (Wildman–Crippen MR) is 45.8 cm³/mol. The Morgan fingerprint density at radius 2 is 2.33 bits per heavy atom. The summed E-state index contributed by atoms with van der Waals surface area (Å²) in [6.45, 7) is 1.52. The standard InChI is InChI=1S/C10H9NO/c1-8(12)10-4-2-3-9(7-10)5-6-11/h2-4,7H,5H2,1H3. The molecule has 1 aromatic rings. The maximum Gasteiger partial charge on any atom is 0.159 e. The number of hydrogen-bond acceptors (Lipinski definition) is 2. The van der Waals surface area contributed by atoms with E-state index in [1.807, 2.05) is 12.1 Å². The highest BCUT2D eigenvalue weighted by atomic mass is 16.1. The molecule has 2 nitrogen and oxygen atoms in total. The van der Waals surface area contributed by atoms with Gasteiger partial charge in [-0.3, -0.25) is 4.79 Å². The summed E-state index contributed by atoms with van der Waals surface area (Å²) >= 11 is 0. The Bertz CT molecular complexity index is 336.